The lowest BCUT2D eigenvalue weighted by Gasteiger charge is -2.28. The van der Waals surface area contributed by atoms with Crippen LogP contribution in [0.2, 0.25) is 0 Å². The van der Waals surface area contributed by atoms with Crippen molar-refractivity contribution in [1.82, 2.24) is 14.3 Å². The minimum atomic E-state index is -0.784. The molecule has 6 rings (SSSR count). The van der Waals surface area contributed by atoms with Gasteiger partial charge in [-0.25, -0.2) is 13.9 Å². The number of aryl methyl sites for hydroxylation is 1. The van der Waals surface area contributed by atoms with E-state index in [4.69, 9.17) is 14.2 Å². The van der Waals surface area contributed by atoms with Crippen molar-refractivity contribution in [2.24, 2.45) is 0 Å². The van der Waals surface area contributed by atoms with Crippen LogP contribution in [-0.2, 0) is 17.9 Å². The van der Waals surface area contributed by atoms with Gasteiger partial charge in [-0.2, -0.15) is 5.10 Å². The Labute approximate surface area is 270 Å². The topological polar surface area (TPSA) is 105 Å². The van der Waals surface area contributed by atoms with E-state index in [1.165, 1.54) is 16.9 Å². The highest BCUT2D eigenvalue weighted by molar-refractivity contribution is 5.95. The van der Waals surface area contributed by atoms with E-state index in [0.29, 0.717) is 47.9 Å². The van der Waals surface area contributed by atoms with Gasteiger partial charge in [0.25, 0.3) is 5.56 Å². The second-order valence-electron chi connectivity index (χ2n) is 11.4. The highest BCUT2D eigenvalue weighted by Gasteiger charge is 2.29. The Morgan fingerprint density at radius 1 is 1.02 bits per heavy atom. The first kappa shape index (κ1) is 31.5. The third kappa shape index (κ3) is 6.46. The number of aromatic nitrogens is 3. The molecule has 1 aliphatic rings. The highest BCUT2D eigenvalue weighted by atomic mass is 19.1. The van der Waals surface area contributed by atoms with Gasteiger partial charge in [-0.15, -0.1) is 0 Å². The molecule has 5 aromatic rings. The molecule has 0 radical (unpaired) electrons. The zero-order valence-corrected chi connectivity index (χ0v) is 26.4. The number of halogens is 1. The standard InChI is InChI=1S/C36H35FN4O6/c1-4-46-36(44)30-21-40(25-9-13-28(14-10-25)47-22-24-7-11-27(45-3)12-8-24)32-19-33(31(37)18-29(32)34(30)42)39-17-5-6-26(39)20-41-35(43)23(2)15-16-38-41/h7-16,18-19,21,26H,4-6,17,20,22H2,1-3H3/t26-/m1/s1. The van der Waals surface area contributed by atoms with E-state index in [0.717, 1.165) is 24.2 Å². The van der Waals surface area contributed by atoms with E-state index in [9.17, 15) is 14.4 Å². The average molecular weight is 639 g/mol. The summed E-state index contributed by atoms with van der Waals surface area (Å²) in [5.74, 6) is -0.00319. The number of esters is 1. The van der Waals surface area contributed by atoms with Crippen molar-refractivity contribution in [2.45, 2.75) is 45.9 Å². The molecule has 3 heterocycles. The quantitative estimate of drug-likeness (QED) is 0.187. The maximum Gasteiger partial charge on any atom is 0.343 e. The van der Waals surface area contributed by atoms with Gasteiger partial charge in [-0.05, 0) is 86.8 Å². The molecule has 10 nitrogen and oxygen atoms in total. The highest BCUT2D eigenvalue weighted by Crippen LogP contribution is 2.33. The SMILES string of the molecule is CCOC(=O)c1cn(-c2ccc(OCc3ccc(OC)cc3)cc2)c2cc(N3CCC[C@@H]3Cn3nccc(C)c3=O)c(F)cc2c1=O. The largest absolute Gasteiger partial charge is 0.497 e. The molecule has 3 aromatic carbocycles. The fourth-order valence-corrected chi connectivity index (χ4v) is 5.94. The number of rotatable bonds is 10. The van der Waals surface area contributed by atoms with Crippen LogP contribution in [0.5, 0.6) is 11.5 Å². The van der Waals surface area contributed by atoms with Crippen LogP contribution in [0.25, 0.3) is 16.6 Å². The van der Waals surface area contributed by atoms with Crippen molar-refractivity contribution in [2.75, 3.05) is 25.2 Å². The van der Waals surface area contributed by atoms with Crippen LogP contribution >= 0.6 is 0 Å². The number of nitrogens with zero attached hydrogens (tertiary/aromatic N) is 4. The number of hydrogen-bond donors (Lipinski definition) is 0. The van der Waals surface area contributed by atoms with Gasteiger partial charge in [0, 0.05) is 41.6 Å². The summed E-state index contributed by atoms with van der Waals surface area (Å²) in [6, 6.07) is 19.1. The number of fused-ring (bicyclic) bond motifs is 1. The normalized spacial score (nSPS) is 14.4. The monoisotopic (exact) mass is 638 g/mol. The number of carbonyl (C=O) groups excluding carboxylic acids is 1. The summed E-state index contributed by atoms with van der Waals surface area (Å²) in [6.45, 7) is 4.68. The maximum absolute atomic E-state index is 15.9. The molecule has 0 unspecified atom stereocenters. The number of methoxy groups -OCH3 is 1. The first-order valence-corrected chi connectivity index (χ1v) is 15.5. The van der Waals surface area contributed by atoms with Crippen molar-refractivity contribution in [3.63, 3.8) is 0 Å². The number of ether oxygens (including phenoxy) is 3. The summed E-state index contributed by atoms with van der Waals surface area (Å²) in [6.07, 6.45) is 4.57. The third-order valence-corrected chi connectivity index (χ3v) is 8.42. The summed E-state index contributed by atoms with van der Waals surface area (Å²) < 4.78 is 35.4. The van der Waals surface area contributed by atoms with Gasteiger partial charge in [-0.3, -0.25) is 9.59 Å². The zero-order chi connectivity index (χ0) is 33.1. The molecule has 1 fully saturated rings. The van der Waals surface area contributed by atoms with Crippen LogP contribution < -0.4 is 25.4 Å². The molecule has 0 spiro atoms. The predicted octanol–water partition coefficient (Wildman–Crippen LogP) is 5.43. The second-order valence-corrected chi connectivity index (χ2v) is 11.4. The number of benzene rings is 3. The Balaban J connectivity index is 1.38. The van der Waals surface area contributed by atoms with Crippen molar-refractivity contribution in [1.29, 1.82) is 0 Å². The van der Waals surface area contributed by atoms with E-state index in [-0.39, 0.29) is 29.2 Å². The van der Waals surface area contributed by atoms with Gasteiger partial charge in [0.2, 0.25) is 5.43 Å². The van der Waals surface area contributed by atoms with Crippen LogP contribution in [-0.4, -0.2) is 46.6 Å². The summed E-state index contributed by atoms with van der Waals surface area (Å²) in [4.78, 5) is 41.0. The molecule has 242 valence electrons. The van der Waals surface area contributed by atoms with E-state index in [2.05, 4.69) is 5.10 Å². The zero-order valence-electron chi connectivity index (χ0n) is 26.4. The molecule has 0 N–H and O–H groups in total. The van der Waals surface area contributed by atoms with Crippen molar-refractivity contribution in [3.8, 4) is 17.2 Å². The van der Waals surface area contributed by atoms with Crippen LogP contribution in [0.3, 0.4) is 0 Å². The van der Waals surface area contributed by atoms with E-state index >= 15 is 4.39 Å². The smallest absolute Gasteiger partial charge is 0.343 e. The Kier molecular flexibility index (Phi) is 9.05. The number of pyridine rings is 1. The molecule has 0 amide bonds. The van der Waals surface area contributed by atoms with Crippen molar-refractivity contribution < 1.29 is 23.4 Å². The molecule has 1 atom stereocenters. The van der Waals surface area contributed by atoms with Gasteiger partial charge >= 0.3 is 5.97 Å². The Morgan fingerprint density at radius 3 is 2.49 bits per heavy atom. The molecule has 0 aliphatic carbocycles. The minimum Gasteiger partial charge on any atom is -0.497 e. The molecule has 11 heteroatoms. The van der Waals surface area contributed by atoms with E-state index in [1.54, 1.807) is 68.1 Å². The molecular weight excluding hydrogens is 603 g/mol. The van der Waals surface area contributed by atoms with Crippen LogP contribution in [0.1, 0.15) is 41.3 Å². The van der Waals surface area contributed by atoms with Crippen LogP contribution in [0, 0.1) is 12.7 Å². The molecular formula is C36H35FN4O6. The van der Waals surface area contributed by atoms with Gasteiger partial charge in [0.15, 0.2) is 0 Å². The number of carbonyl (C=O) groups is 1. The maximum atomic E-state index is 15.9. The van der Waals surface area contributed by atoms with Crippen LogP contribution in [0.4, 0.5) is 10.1 Å². The average Bonchev–Trinajstić information content (AvgIpc) is 3.54. The molecule has 0 bridgehead atoms. The summed E-state index contributed by atoms with van der Waals surface area (Å²) in [7, 11) is 1.61. The lowest BCUT2D eigenvalue weighted by atomic mass is 10.1. The molecule has 1 saturated heterocycles. The summed E-state index contributed by atoms with van der Waals surface area (Å²) >= 11 is 0. The van der Waals surface area contributed by atoms with Gasteiger partial charge in [0.1, 0.15) is 29.5 Å². The van der Waals surface area contributed by atoms with Crippen molar-refractivity contribution in [3.05, 3.63) is 122 Å². The van der Waals surface area contributed by atoms with E-state index in [1.807, 2.05) is 29.2 Å². The third-order valence-electron chi connectivity index (χ3n) is 8.42. The molecule has 1 aliphatic heterocycles. The molecule has 0 saturated carbocycles. The Morgan fingerprint density at radius 2 is 1.77 bits per heavy atom. The minimum absolute atomic E-state index is 0.0453. The van der Waals surface area contributed by atoms with Gasteiger partial charge in [0.05, 0.1) is 31.5 Å². The number of hydrogen-bond acceptors (Lipinski definition) is 8. The lowest BCUT2D eigenvalue weighted by molar-refractivity contribution is 0.0524. The number of anilines is 1. The first-order chi connectivity index (χ1) is 22.8. The lowest BCUT2D eigenvalue weighted by Crippen LogP contribution is -2.38. The Hall–Kier alpha value is -5.45. The molecule has 47 heavy (non-hydrogen) atoms. The fourth-order valence-electron chi connectivity index (χ4n) is 5.94. The van der Waals surface area contributed by atoms with Crippen molar-refractivity contribution >= 4 is 22.6 Å². The van der Waals surface area contributed by atoms with Gasteiger partial charge < -0.3 is 23.7 Å². The summed E-state index contributed by atoms with van der Waals surface area (Å²) in [5, 5.41) is 4.28. The fraction of sp³-hybridized carbons (Fsp3) is 0.278. The van der Waals surface area contributed by atoms with E-state index < -0.39 is 17.2 Å². The predicted molar refractivity (Wildman–Crippen MR) is 176 cm³/mol. The van der Waals surface area contributed by atoms with Gasteiger partial charge in [-0.1, -0.05) is 12.1 Å². The first-order valence-electron chi connectivity index (χ1n) is 15.5. The summed E-state index contributed by atoms with van der Waals surface area (Å²) in [5.41, 5.74) is 1.90. The molecule has 2 aromatic heterocycles. The second kappa shape index (κ2) is 13.5. The Bertz CT molecular complexity index is 2040. The van der Waals surface area contributed by atoms with Crippen LogP contribution in [0.15, 0.2) is 88.7 Å².